The van der Waals surface area contributed by atoms with Crippen molar-refractivity contribution in [1.82, 2.24) is 4.90 Å². The molecule has 0 saturated carbocycles. The van der Waals surface area contributed by atoms with E-state index in [2.05, 4.69) is 6.58 Å². The Balaban J connectivity index is 1.50. The largest absolute Gasteiger partial charge is 0.497 e. The minimum absolute atomic E-state index is 0.00671. The van der Waals surface area contributed by atoms with Crippen LogP contribution in [-0.2, 0) is 38.5 Å². The van der Waals surface area contributed by atoms with Crippen molar-refractivity contribution in [3.05, 3.63) is 162 Å². The lowest BCUT2D eigenvalue weighted by Crippen LogP contribution is -2.53. The first-order valence-electron chi connectivity index (χ1n) is 19.0. The van der Waals surface area contributed by atoms with Gasteiger partial charge in [-0.05, 0) is 70.3 Å². The minimum atomic E-state index is -0.905. The summed E-state index contributed by atoms with van der Waals surface area (Å²) < 4.78 is 31.4. The summed E-state index contributed by atoms with van der Waals surface area (Å²) in [5.41, 5.74) is 5.40. The van der Waals surface area contributed by atoms with E-state index in [1.807, 2.05) is 72.8 Å². The molecule has 9 nitrogen and oxygen atoms in total. The zero-order valence-electron chi connectivity index (χ0n) is 32.2. The number of fused-ring (bicyclic) bond motifs is 1. The van der Waals surface area contributed by atoms with E-state index >= 15 is 0 Å². The summed E-state index contributed by atoms with van der Waals surface area (Å²) in [4.78, 5) is 45.8. The van der Waals surface area contributed by atoms with Gasteiger partial charge in [-0.25, -0.2) is 4.39 Å². The summed E-state index contributed by atoms with van der Waals surface area (Å²) in [7, 11) is 1.57. The maximum atomic E-state index is 14.9. The fourth-order valence-electron chi connectivity index (χ4n) is 7.33. The third-order valence-electron chi connectivity index (χ3n) is 9.99. The van der Waals surface area contributed by atoms with E-state index in [1.54, 1.807) is 59.4 Å². The second-order valence-electron chi connectivity index (χ2n) is 13.9. The maximum absolute atomic E-state index is 14.9. The Morgan fingerprint density at radius 3 is 2.12 bits per heavy atom. The molecule has 1 N–H and O–H groups in total. The summed E-state index contributed by atoms with van der Waals surface area (Å²) in [5, 5.41) is 9.45. The van der Waals surface area contributed by atoms with E-state index in [-0.39, 0.29) is 50.8 Å². The SMILES string of the molecule is C=CCC(OC(C)=O)[C@@H]1[C@@H](N(Cc2ccc(-c3ccccc3)cc2)C(=O)Cc2ccc(F)cc2)c2cc(OCCCO)ccc2N1C(=O)Cc1ccc(OC)cc1. The number of aliphatic hydroxyl groups is 1. The zero-order chi connectivity index (χ0) is 40.3. The molecular formula is C47H47FN2O7. The van der Waals surface area contributed by atoms with Crippen LogP contribution in [0.25, 0.3) is 11.1 Å². The number of hydrogen-bond donors (Lipinski definition) is 1. The average molecular weight is 771 g/mol. The molecule has 6 rings (SSSR count). The summed E-state index contributed by atoms with van der Waals surface area (Å²) >= 11 is 0. The van der Waals surface area contributed by atoms with Gasteiger partial charge < -0.3 is 29.1 Å². The number of anilines is 1. The first-order valence-corrected chi connectivity index (χ1v) is 19.0. The Morgan fingerprint density at radius 1 is 0.842 bits per heavy atom. The summed E-state index contributed by atoms with van der Waals surface area (Å²) in [5.74, 6) is -0.389. The van der Waals surface area contributed by atoms with Crippen molar-refractivity contribution < 1.29 is 38.1 Å². The first kappa shape index (κ1) is 40.4. The molecule has 0 bridgehead atoms. The van der Waals surface area contributed by atoms with Crippen molar-refractivity contribution in [1.29, 1.82) is 0 Å². The molecule has 57 heavy (non-hydrogen) atoms. The van der Waals surface area contributed by atoms with Crippen LogP contribution in [0.2, 0.25) is 0 Å². The Kier molecular flexibility index (Phi) is 13.5. The van der Waals surface area contributed by atoms with E-state index in [1.165, 1.54) is 19.1 Å². The molecular weight excluding hydrogens is 724 g/mol. The molecule has 1 unspecified atom stereocenters. The van der Waals surface area contributed by atoms with Gasteiger partial charge in [0.1, 0.15) is 23.4 Å². The Morgan fingerprint density at radius 2 is 1.47 bits per heavy atom. The van der Waals surface area contributed by atoms with E-state index < -0.39 is 30.0 Å². The zero-order valence-corrected chi connectivity index (χ0v) is 32.2. The molecule has 0 fully saturated rings. The van der Waals surface area contributed by atoms with Crippen molar-refractivity contribution in [3.63, 3.8) is 0 Å². The van der Waals surface area contributed by atoms with Gasteiger partial charge in [-0.15, -0.1) is 6.58 Å². The van der Waals surface area contributed by atoms with Crippen LogP contribution in [0.5, 0.6) is 11.5 Å². The van der Waals surface area contributed by atoms with Crippen LogP contribution >= 0.6 is 0 Å². The Hall–Kier alpha value is -6.26. The topological polar surface area (TPSA) is 106 Å². The number of amides is 2. The molecule has 2 amide bonds. The number of hydrogen-bond acceptors (Lipinski definition) is 7. The van der Waals surface area contributed by atoms with Crippen molar-refractivity contribution in [2.24, 2.45) is 0 Å². The highest BCUT2D eigenvalue weighted by atomic mass is 19.1. The number of benzene rings is 5. The van der Waals surface area contributed by atoms with Crippen molar-refractivity contribution in [2.45, 2.75) is 57.3 Å². The number of ether oxygens (including phenoxy) is 3. The van der Waals surface area contributed by atoms with Gasteiger partial charge in [0.25, 0.3) is 0 Å². The number of aliphatic hydroxyl groups excluding tert-OH is 1. The van der Waals surface area contributed by atoms with Gasteiger partial charge in [0.15, 0.2) is 0 Å². The quantitative estimate of drug-likeness (QED) is 0.0580. The fraction of sp³-hybridized carbons (Fsp3) is 0.255. The summed E-state index contributed by atoms with van der Waals surface area (Å²) in [6.07, 6.45) is 1.27. The molecule has 10 heteroatoms. The molecule has 0 aliphatic carbocycles. The smallest absolute Gasteiger partial charge is 0.302 e. The van der Waals surface area contributed by atoms with Gasteiger partial charge in [-0.1, -0.05) is 84.9 Å². The average Bonchev–Trinajstić information content (AvgIpc) is 3.55. The monoisotopic (exact) mass is 770 g/mol. The van der Waals surface area contributed by atoms with Gasteiger partial charge in [0.05, 0.1) is 38.6 Å². The van der Waals surface area contributed by atoms with Crippen LogP contribution in [-0.4, -0.2) is 60.3 Å². The molecule has 1 aliphatic heterocycles. The predicted molar refractivity (Wildman–Crippen MR) is 217 cm³/mol. The Labute approximate surface area is 332 Å². The number of esters is 1. The summed E-state index contributed by atoms with van der Waals surface area (Å²) in [6, 6.07) is 34.6. The molecule has 5 aromatic rings. The first-order chi connectivity index (χ1) is 27.7. The van der Waals surface area contributed by atoms with Gasteiger partial charge in [0.2, 0.25) is 11.8 Å². The number of rotatable bonds is 17. The molecule has 0 aromatic heterocycles. The Bertz CT molecular complexity index is 2140. The lowest BCUT2D eigenvalue weighted by atomic mass is 9.93. The van der Waals surface area contributed by atoms with Gasteiger partial charge >= 0.3 is 5.97 Å². The fourth-order valence-corrected chi connectivity index (χ4v) is 7.33. The maximum Gasteiger partial charge on any atom is 0.302 e. The third-order valence-corrected chi connectivity index (χ3v) is 9.99. The second-order valence-corrected chi connectivity index (χ2v) is 13.9. The van der Waals surface area contributed by atoms with Crippen LogP contribution in [0.3, 0.4) is 0 Å². The van der Waals surface area contributed by atoms with Crippen LogP contribution < -0.4 is 14.4 Å². The molecule has 0 spiro atoms. The molecule has 1 heterocycles. The highest BCUT2D eigenvalue weighted by Gasteiger charge is 2.50. The molecule has 0 saturated heterocycles. The molecule has 0 radical (unpaired) electrons. The van der Waals surface area contributed by atoms with Crippen molar-refractivity contribution >= 4 is 23.5 Å². The molecule has 3 atom stereocenters. The molecule has 5 aromatic carbocycles. The second kappa shape index (κ2) is 19.1. The third kappa shape index (κ3) is 9.95. The highest BCUT2D eigenvalue weighted by Crippen LogP contribution is 2.48. The lowest BCUT2D eigenvalue weighted by molar-refractivity contribution is -0.149. The van der Waals surface area contributed by atoms with Crippen LogP contribution in [0.15, 0.2) is 134 Å². The van der Waals surface area contributed by atoms with E-state index in [9.17, 15) is 23.9 Å². The van der Waals surface area contributed by atoms with Gasteiger partial charge in [0, 0.05) is 44.2 Å². The predicted octanol–water partition coefficient (Wildman–Crippen LogP) is 8.04. The summed E-state index contributed by atoms with van der Waals surface area (Å²) in [6.45, 7) is 5.59. The van der Waals surface area contributed by atoms with Crippen molar-refractivity contribution in [3.8, 4) is 22.6 Å². The van der Waals surface area contributed by atoms with Crippen LogP contribution in [0, 0.1) is 5.82 Å². The number of halogens is 1. The number of carbonyl (C=O) groups excluding carboxylic acids is 3. The van der Waals surface area contributed by atoms with Crippen LogP contribution in [0.4, 0.5) is 10.1 Å². The van der Waals surface area contributed by atoms with E-state index in [0.717, 1.165) is 22.3 Å². The lowest BCUT2D eigenvalue weighted by Gasteiger charge is -2.39. The highest BCUT2D eigenvalue weighted by molar-refractivity contribution is 5.99. The van der Waals surface area contributed by atoms with E-state index in [4.69, 9.17) is 14.2 Å². The van der Waals surface area contributed by atoms with Gasteiger partial charge in [-0.3, -0.25) is 14.4 Å². The molecule has 294 valence electrons. The van der Waals surface area contributed by atoms with E-state index in [0.29, 0.717) is 34.7 Å². The molecule has 1 aliphatic rings. The normalized spacial score (nSPS) is 15.0. The number of methoxy groups -OCH3 is 1. The number of carbonyl (C=O) groups is 3. The number of nitrogens with zero attached hydrogens (tertiary/aromatic N) is 2. The van der Waals surface area contributed by atoms with Crippen molar-refractivity contribution in [2.75, 3.05) is 25.2 Å². The van der Waals surface area contributed by atoms with Crippen LogP contribution in [0.1, 0.15) is 48.1 Å². The van der Waals surface area contributed by atoms with Gasteiger partial charge in [-0.2, -0.15) is 0 Å². The standard InChI is InChI=1S/C47H47FN2O7/c1-4-9-43(57-32(2)52)47-46(41-30-40(56-27-8-26-51)24-25-42(41)50(47)45(54)29-34-16-22-39(55-3)23-17-34)49(44(53)28-33-14-20-38(48)21-15-33)31-35-12-18-37(19-13-35)36-10-6-5-7-11-36/h4-7,10-25,30,43,46-47,51H,1,8-9,26-29,31H2,2-3H3/t43?,46-,47+/m0/s1. The minimum Gasteiger partial charge on any atom is -0.497 e.